The molecule has 2 rings (SSSR count). The number of carboxylic acid groups (broad SMARTS) is 1. The first-order valence-corrected chi connectivity index (χ1v) is 6.33. The molecular formula is C13H10F3N3O5. The van der Waals surface area contributed by atoms with Crippen molar-refractivity contribution in [2.75, 3.05) is 6.54 Å². The lowest BCUT2D eigenvalue weighted by atomic mass is 10.1. The molecule has 0 aliphatic carbocycles. The maximum Gasteiger partial charge on any atom is 0.434 e. The maximum atomic E-state index is 13.1. The zero-order valence-electron chi connectivity index (χ0n) is 12.0. The summed E-state index contributed by atoms with van der Waals surface area (Å²) in [6.07, 6.45) is -4.13. The quantitative estimate of drug-likeness (QED) is 0.744. The number of hydrogen-bond donors (Lipinski definition) is 3. The van der Waals surface area contributed by atoms with Crippen molar-refractivity contribution in [1.29, 1.82) is 0 Å². The number of halogens is 3. The summed E-state index contributed by atoms with van der Waals surface area (Å²) >= 11 is 0. The molecule has 24 heavy (non-hydrogen) atoms. The standard InChI is InChI=1S/C13H10F3N3O5/c1-19-5-2-3-17-10(13(14,15)16)7(5)9(22)8(12(19)24)11(23)18-4-6(20)21/h2-3,22H,4H2,1H3,(H,18,23)(H,20,21). The molecule has 3 N–H and O–H groups in total. The number of carbonyl (C=O) groups is 2. The summed E-state index contributed by atoms with van der Waals surface area (Å²) in [7, 11) is 1.11. The first-order chi connectivity index (χ1) is 11.1. The van der Waals surface area contributed by atoms with Gasteiger partial charge in [0.05, 0.1) is 10.9 Å². The van der Waals surface area contributed by atoms with E-state index < -0.39 is 52.5 Å². The summed E-state index contributed by atoms with van der Waals surface area (Å²) in [6, 6.07) is 1.07. The van der Waals surface area contributed by atoms with Crippen molar-refractivity contribution in [3.63, 3.8) is 0 Å². The Kier molecular flexibility index (Phi) is 4.19. The van der Waals surface area contributed by atoms with E-state index in [4.69, 9.17) is 5.11 Å². The lowest BCUT2D eigenvalue weighted by molar-refractivity contribution is -0.140. The van der Waals surface area contributed by atoms with Crippen LogP contribution in [0, 0.1) is 0 Å². The molecule has 128 valence electrons. The van der Waals surface area contributed by atoms with Gasteiger partial charge in [0.15, 0.2) is 5.69 Å². The lowest BCUT2D eigenvalue weighted by Crippen LogP contribution is -2.35. The van der Waals surface area contributed by atoms with Crippen molar-refractivity contribution in [1.82, 2.24) is 14.9 Å². The van der Waals surface area contributed by atoms with Crippen molar-refractivity contribution in [2.45, 2.75) is 6.18 Å². The Hall–Kier alpha value is -3.11. The monoisotopic (exact) mass is 345 g/mol. The van der Waals surface area contributed by atoms with E-state index in [0.717, 1.165) is 23.9 Å². The highest BCUT2D eigenvalue weighted by Gasteiger charge is 2.37. The van der Waals surface area contributed by atoms with Gasteiger partial charge in [0.2, 0.25) is 0 Å². The van der Waals surface area contributed by atoms with E-state index in [2.05, 4.69) is 4.98 Å². The van der Waals surface area contributed by atoms with Gasteiger partial charge in [-0.1, -0.05) is 0 Å². The van der Waals surface area contributed by atoms with Crippen LogP contribution < -0.4 is 10.9 Å². The summed E-state index contributed by atoms with van der Waals surface area (Å²) in [6.45, 7) is -0.876. The Bertz CT molecular complexity index is 904. The first kappa shape index (κ1) is 17.2. The predicted molar refractivity (Wildman–Crippen MR) is 73.6 cm³/mol. The van der Waals surface area contributed by atoms with E-state index in [1.54, 1.807) is 0 Å². The molecule has 0 aliphatic rings. The fourth-order valence-electron chi connectivity index (χ4n) is 2.13. The fraction of sp³-hybridized carbons (Fsp3) is 0.231. The Morgan fingerprint density at radius 3 is 2.54 bits per heavy atom. The smallest absolute Gasteiger partial charge is 0.434 e. The summed E-state index contributed by atoms with van der Waals surface area (Å²) in [5.74, 6) is -3.95. The zero-order chi connectivity index (χ0) is 18.2. The number of hydrogen-bond acceptors (Lipinski definition) is 5. The fourth-order valence-corrected chi connectivity index (χ4v) is 2.13. The third kappa shape index (κ3) is 2.87. The number of aromatic nitrogens is 2. The number of pyridine rings is 2. The number of fused-ring (bicyclic) bond motifs is 1. The molecule has 2 aromatic rings. The van der Waals surface area contributed by atoms with Crippen LogP contribution in [-0.2, 0) is 18.0 Å². The molecule has 0 bridgehead atoms. The minimum Gasteiger partial charge on any atom is -0.506 e. The topological polar surface area (TPSA) is 122 Å². The number of carbonyl (C=O) groups excluding carboxylic acids is 1. The summed E-state index contributed by atoms with van der Waals surface area (Å²) < 4.78 is 40.0. The molecule has 0 saturated carbocycles. The molecule has 0 unspecified atom stereocenters. The van der Waals surface area contributed by atoms with E-state index in [0.29, 0.717) is 0 Å². The third-order valence-corrected chi connectivity index (χ3v) is 3.18. The highest BCUT2D eigenvalue weighted by molar-refractivity contribution is 6.03. The number of nitrogens with one attached hydrogen (secondary N) is 1. The first-order valence-electron chi connectivity index (χ1n) is 6.33. The van der Waals surface area contributed by atoms with E-state index >= 15 is 0 Å². The second kappa shape index (κ2) is 5.83. The van der Waals surface area contributed by atoms with E-state index in [-0.39, 0.29) is 5.52 Å². The average Bonchev–Trinajstić information content (AvgIpc) is 2.49. The van der Waals surface area contributed by atoms with Gasteiger partial charge in [-0.25, -0.2) is 0 Å². The normalized spacial score (nSPS) is 11.5. The lowest BCUT2D eigenvalue weighted by Gasteiger charge is -2.15. The Balaban J connectivity index is 2.81. The average molecular weight is 345 g/mol. The van der Waals surface area contributed by atoms with Gasteiger partial charge in [0.1, 0.15) is 17.9 Å². The minimum atomic E-state index is -4.94. The van der Waals surface area contributed by atoms with Gasteiger partial charge in [0, 0.05) is 13.2 Å². The highest BCUT2D eigenvalue weighted by Crippen LogP contribution is 2.37. The molecule has 0 aromatic carbocycles. The van der Waals surface area contributed by atoms with Crippen LogP contribution in [0.5, 0.6) is 5.75 Å². The summed E-state index contributed by atoms with van der Waals surface area (Å²) in [5.41, 5.74) is -3.83. The van der Waals surface area contributed by atoms with Crippen LogP contribution in [0.1, 0.15) is 16.1 Å². The van der Waals surface area contributed by atoms with Gasteiger partial charge in [0.25, 0.3) is 11.5 Å². The summed E-state index contributed by atoms with van der Waals surface area (Å²) in [5, 5.41) is 19.6. The van der Waals surface area contributed by atoms with E-state index in [1.165, 1.54) is 0 Å². The molecule has 1 amide bonds. The molecule has 0 aliphatic heterocycles. The molecule has 0 atom stereocenters. The number of aromatic hydroxyl groups is 1. The molecule has 2 heterocycles. The third-order valence-electron chi connectivity index (χ3n) is 3.18. The number of rotatable bonds is 3. The number of carboxylic acids is 1. The van der Waals surface area contributed by atoms with Crippen LogP contribution in [-0.4, -0.2) is 38.2 Å². The molecule has 11 heteroatoms. The number of nitrogens with zero attached hydrogens (tertiary/aromatic N) is 2. The van der Waals surface area contributed by atoms with Crippen LogP contribution in [0.4, 0.5) is 13.2 Å². The molecule has 0 spiro atoms. The van der Waals surface area contributed by atoms with Crippen molar-refractivity contribution in [2.24, 2.45) is 7.05 Å². The van der Waals surface area contributed by atoms with Gasteiger partial charge < -0.3 is 20.1 Å². The molecule has 0 saturated heterocycles. The highest BCUT2D eigenvalue weighted by atomic mass is 19.4. The van der Waals surface area contributed by atoms with Crippen molar-refractivity contribution >= 4 is 22.8 Å². The second-order valence-electron chi connectivity index (χ2n) is 4.72. The van der Waals surface area contributed by atoms with Gasteiger partial charge in [-0.15, -0.1) is 0 Å². The van der Waals surface area contributed by atoms with Crippen LogP contribution >= 0.6 is 0 Å². The van der Waals surface area contributed by atoms with Gasteiger partial charge in [-0.2, -0.15) is 13.2 Å². The number of aryl methyl sites for hydroxylation is 1. The molecular weight excluding hydrogens is 335 g/mol. The largest absolute Gasteiger partial charge is 0.506 e. The minimum absolute atomic E-state index is 0.283. The van der Waals surface area contributed by atoms with Gasteiger partial charge in [-0.05, 0) is 6.07 Å². The second-order valence-corrected chi connectivity index (χ2v) is 4.72. The molecule has 0 fully saturated rings. The maximum absolute atomic E-state index is 13.1. The van der Waals surface area contributed by atoms with Crippen molar-refractivity contribution in [3.05, 3.63) is 33.9 Å². The van der Waals surface area contributed by atoms with Crippen LogP contribution in [0.25, 0.3) is 10.9 Å². The Morgan fingerprint density at radius 2 is 2.00 bits per heavy atom. The van der Waals surface area contributed by atoms with Crippen molar-refractivity contribution in [3.8, 4) is 5.75 Å². The predicted octanol–water partition coefficient (Wildman–Crippen LogP) is 0.472. The Labute approximate surface area is 131 Å². The molecule has 8 nitrogen and oxygen atoms in total. The molecule has 2 aromatic heterocycles. The SMILES string of the molecule is Cn1c(=O)c(C(=O)NCC(=O)O)c(O)c2c(C(F)(F)F)nccc21. The van der Waals surface area contributed by atoms with Gasteiger partial charge in [-0.3, -0.25) is 19.4 Å². The summed E-state index contributed by atoms with van der Waals surface area (Å²) in [4.78, 5) is 37.7. The number of amides is 1. The van der Waals surface area contributed by atoms with E-state index in [9.17, 15) is 32.7 Å². The van der Waals surface area contributed by atoms with Crippen molar-refractivity contribution < 1.29 is 33.0 Å². The van der Waals surface area contributed by atoms with Crippen LogP contribution in [0.3, 0.4) is 0 Å². The van der Waals surface area contributed by atoms with E-state index in [1.807, 2.05) is 5.32 Å². The Morgan fingerprint density at radius 1 is 1.38 bits per heavy atom. The van der Waals surface area contributed by atoms with Crippen LogP contribution in [0.15, 0.2) is 17.1 Å². The van der Waals surface area contributed by atoms with Crippen LogP contribution in [0.2, 0.25) is 0 Å². The number of aliphatic carboxylic acids is 1. The number of alkyl halides is 3. The van der Waals surface area contributed by atoms with Gasteiger partial charge >= 0.3 is 12.1 Å². The molecule has 0 radical (unpaired) electrons. The zero-order valence-corrected chi connectivity index (χ0v) is 12.0.